The largest absolute Gasteiger partial charge is 0.355 e. The third-order valence-electron chi connectivity index (χ3n) is 3.57. The van der Waals surface area contributed by atoms with Gasteiger partial charge in [0.1, 0.15) is 0 Å². The molecule has 1 aromatic carbocycles. The molecule has 0 radical (unpaired) electrons. The fourth-order valence-corrected chi connectivity index (χ4v) is 3.19. The Hall–Kier alpha value is -1.13. The van der Waals surface area contributed by atoms with Gasteiger partial charge in [-0.1, -0.05) is 42.5 Å². The quantitative estimate of drug-likeness (QED) is 0.248. The normalized spacial score (nSPS) is 15.1. The summed E-state index contributed by atoms with van der Waals surface area (Å²) >= 11 is 0. The van der Waals surface area contributed by atoms with E-state index in [9.17, 15) is 8.42 Å². The van der Waals surface area contributed by atoms with E-state index in [-0.39, 0.29) is 29.7 Å². The molecule has 0 heterocycles. The van der Waals surface area contributed by atoms with Crippen LogP contribution in [0.5, 0.6) is 0 Å². The number of sulfonamides is 1. The first kappa shape index (κ1) is 20.9. The third-order valence-corrected chi connectivity index (χ3v) is 4.90. The maximum absolute atomic E-state index is 12.0. The van der Waals surface area contributed by atoms with Crippen LogP contribution in [0, 0.1) is 0 Å². The molecule has 24 heavy (non-hydrogen) atoms. The molecule has 0 saturated carbocycles. The predicted molar refractivity (Wildman–Crippen MR) is 109 cm³/mol. The standard InChI is InChI=1S/C16H24N4O2S.HI/c1-17-16(20-15-9-5-6-10-15)18-11-12-23(21,22)19-13-14-7-3-2-4-8-14;/h2-8,15,19H,9-13H2,1H3,(H2,17,18,20);1H. The van der Waals surface area contributed by atoms with Crippen molar-refractivity contribution in [1.29, 1.82) is 0 Å². The number of nitrogens with zero attached hydrogens (tertiary/aromatic N) is 1. The minimum absolute atomic E-state index is 0. The second-order valence-electron chi connectivity index (χ2n) is 5.41. The lowest BCUT2D eigenvalue weighted by molar-refractivity contribution is 0.579. The Labute approximate surface area is 161 Å². The van der Waals surface area contributed by atoms with Gasteiger partial charge in [0.2, 0.25) is 10.0 Å². The molecule has 0 fully saturated rings. The van der Waals surface area contributed by atoms with E-state index in [0.29, 0.717) is 25.1 Å². The van der Waals surface area contributed by atoms with Crippen LogP contribution in [0.1, 0.15) is 18.4 Å². The Morgan fingerprint density at radius 1 is 1.21 bits per heavy atom. The summed E-state index contributed by atoms with van der Waals surface area (Å²) in [6, 6.07) is 9.80. The molecule has 0 aliphatic heterocycles. The first-order valence-electron chi connectivity index (χ1n) is 7.72. The van der Waals surface area contributed by atoms with Crippen molar-refractivity contribution in [3.63, 3.8) is 0 Å². The molecular weight excluding hydrogens is 439 g/mol. The van der Waals surface area contributed by atoms with Gasteiger partial charge >= 0.3 is 0 Å². The van der Waals surface area contributed by atoms with Crippen molar-refractivity contribution in [2.24, 2.45) is 4.99 Å². The third kappa shape index (κ3) is 7.63. The molecule has 2 rings (SSSR count). The molecule has 0 bridgehead atoms. The van der Waals surface area contributed by atoms with Gasteiger partial charge in [-0.15, -0.1) is 24.0 Å². The van der Waals surface area contributed by atoms with Crippen molar-refractivity contribution >= 4 is 40.0 Å². The van der Waals surface area contributed by atoms with Crippen molar-refractivity contribution in [1.82, 2.24) is 15.4 Å². The van der Waals surface area contributed by atoms with Crippen LogP contribution in [0.3, 0.4) is 0 Å². The average molecular weight is 464 g/mol. The molecule has 0 saturated heterocycles. The Morgan fingerprint density at radius 2 is 1.88 bits per heavy atom. The second kappa shape index (κ2) is 10.7. The predicted octanol–water partition coefficient (Wildman–Crippen LogP) is 1.61. The van der Waals surface area contributed by atoms with Crippen LogP contribution in [-0.4, -0.2) is 39.8 Å². The van der Waals surface area contributed by atoms with Crippen LogP contribution in [0.4, 0.5) is 0 Å². The van der Waals surface area contributed by atoms with E-state index in [4.69, 9.17) is 0 Å². The molecule has 1 aromatic rings. The SMILES string of the molecule is CN=C(NCCS(=O)(=O)NCc1ccccc1)NC1CC=CC1.I. The van der Waals surface area contributed by atoms with Crippen molar-refractivity contribution in [2.45, 2.75) is 25.4 Å². The number of hydrogen-bond donors (Lipinski definition) is 3. The van der Waals surface area contributed by atoms with E-state index >= 15 is 0 Å². The van der Waals surface area contributed by atoms with E-state index in [0.717, 1.165) is 18.4 Å². The number of rotatable bonds is 7. The van der Waals surface area contributed by atoms with Crippen LogP contribution >= 0.6 is 24.0 Å². The summed E-state index contributed by atoms with van der Waals surface area (Å²) in [5, 5.41) is 6.31. The van der Waals surface area contributed by atoms with E-state index in [2.05, 4.69) is 32.5 Å². The maximum atomic E-state index is 12.0. The topological polar surface area (TPSA) is 82.6 Å². The summed E-state index contributed by atoms with van der Waals surface area (Å²) in [5.41, 5.74) is 0.940. The highest BCUT2D eigenvalue weighted by atomic mass is 127. The zero-order chi connectivity index (χ0) is 16.5. The lowest BCUT2D eigenvalue weighted by Crippen LogP contribution is -2.44. The highest BCUT2D eigenvalue weighted by Crippen LogP contribution is 2.08. The van der Waals surface area contributed by atoms with Gasteiger partial charge in [-0.25, -0.2) is 13.1 Å². The van der Waals surface area contributed by atoms with Crippen molar-refractivity contribution in [3.05, 3.63) is 48.0 Å². The van der Waals surface area contributed by atoms with Crippen molar-refractivity contribution in [2.75, 3.05) is 19.3 Å². The van der Waals surface area contributed by atoms with Crippen LogP contribution in [-0.2, 0) is 16.6 Å². The number of nitrogens with one attached hydrogen (secondary N) is 3. The highest BCUT2D eigenvalue weighted by molar-refractivity contribution is 14.0. The smallest absolute Gasteiger partial charge is 0.213 e. The molecule has 3 N–H and O–H groups in total. The number of halogens is 1. The van der Waals surface area contributed by atoms with Gasteiger partial charge < -0.3 is 10.6 Å². The summed E-state index contributed by atoms with van der Waals surface area (Å²) in [7, 11) is -1.64. The van der Waals surface area contributed by atoms with Gasteiger partial charge in [0, 0.05) is 26.2 Å². The summed E-state index contributed by atoms with van der Waals surface area (Å²) in [4.78, 5) is 4.12. The molecule has 6 nitrogen and oxygen atoms in total. The molecule has 134 valence electrons. The van der Waals surface area contributed by atoms with E-state index in [1.54, 1.807) is 7.05 Å². The molecule has 1 aliphatic carbocycles. The summed E-state index contributed by atoms with van der Waals surface area (Å²) in [5.74, 6) is 0.639. The minimum Gasteiger partial charge on any atom is -0.355 e. The molecule has 0 atom stereocenters. The first-order valence-corrected chi connectivity index (χ1v) is 9.38. The second-order valence-corrected chi connectivity index (χ2v) is 7.34. The molecular formula is C16H25IN4O2S. The molecule has 1 aliphatic rings. The highest BCUT2D eigenvalue weighted by Gasteiger charge is 2.13. The number of aliphatic imine (C=N–C) groups is 1. The fraction of sp³-hybridized carbons (Fsp3) is 0.438. The van der Waals surface area contributed by atoms with Crippen molar-refractivity contribution < 1.29 is 8.42 Å². The lowest BCUT2D eigenvalue weighted by Gasteiger charge is -2.17. The number of hydrogen-bond acceptors (Lipinski definition) is 3. The molecule has 0 amide bonds. The van der Waals surface area contributed by atoms with Gasteiger partial charge in [-0.3, -0.25) is 4.99 Å². The fourth-order valence-electron chi connectivity index (χ4n) is 2.29. The summed E-state index contributed by atoms with van der Waals surface area (Å²) < 4.78 is 26.6. The lowest BCUT2D eigenvalue weighted by atomic mass is 10.2. The molecule has 8 heteroatoms. The van der Waals surface area contributed by atoms with Crippen LogP contribution in [0.25, 0.3) is 0 Å². The number of guanidine groups is 1. The molecule has 0 spiro atoms. The van der Waals surface area contributed by atoms with Crippen LogP contribution < -0.4 is 15.4 Å². The molecule has 0 unspecified atom stereocenters. The summed E-state index contributed by atoms with van der Waals surface area (Å²) in [6.45, 7) is 0.619. The van der Waals surface area contributed by atoms with E-state index in [1.165, 1.54) is 0 Å². The van der Waals surface area contributed by atoms with Gasteiger partial charge in [-0.05, 0) is 18.4 Å². The van der Waals surface area contributed by atoms with E-state index < -0.39 is 10.0 Å². The number of benzene rings is 1. The van der Waals surface area contributed by atoms with Gasteiger partial charge in [0.15, 0.2) is 5.96 Å². The maximum Gasteiger partial charge on any atom is 0.213 e. The summed E-state index contributed by atoms with van der Waals surface area (Å²) in [6.07, 6.45) is 6.20. The van der Waals surface area contributed by atoms with Gasteiger partial charge in [0.25, 0.3) is 0 Å². The zero-order valence-corrected chi connectivity index (χ0v) is 16.9. The molecule has 0 aromatic heterocycles. The van der Waals surface area contributed by atoms with Crippen LogP contribution in [0.15, 0.2) is 47.5 Å². The van der Waals surface area contributed by atoms with Crippen LogP contribution in [0.2, 0.25) is 0 Å². The average Bonchev–Trinajstić information content (AvgIpc) is 3.06. The Kier molecular flexibility index (Phi) is 9.30. The zero-order valence-electron chi connectivity index (χ0n) is 13.7. The Balaban J connectivity index is 0.00000288. The van der Waals surface area contributed by atoms with E-state index in [1.807, 2.05) is 30.3 Å². The van der Waals surface area contributed by atoms with Crippen molar-refractivity contribution in [3.8, 4) is 0 Å². The first-order chi connectivity index (χ1) is 11.1. The Morgan fingerprint density at radius 3 is 2.50 bits per heavy atom. The monoisotopic (exact) mass is 464 g/mol. The van der Waals surface area contributed by atoms with Gasteiger partial charge in [0.05, 0.1) is 5.75 Å². The Bertz CT molecular complexity index is 639. The minimum atomic E-state index is -3.32. The van der Waals surface area contributed by atoms with Gasteiger partial charge in [-0.2, -0.15) is 0 Å².